The molecule has 1 N–H and O–H groups in total. The minimum atomic E-state index is 0.0902. The molecule has 0 rings (SSSR count). The average Bonchev–Trinajstić information content (AvgIpc) is 2.03. The summed E-state index contributed by atoms with van der Waals surface area (Å²) in [6.07, 6.45) is 1.73. The number of hydrogen-bond acceptors (Lipinski definition) is 2. The van der Waals surface area contributed by atoms with Crippen molar-refractivity contribution in [2.24, 2.45) is 11.8 Å². The van der Waals surface area contributed by atoms with Gasteiger partial charge in [-0.15, -0.1) is 0 Å². The van der Waals surface area contributed by atoms with E-state index in [1.165, 1.54) is 0 Å². The van der Waals surface area contributed by atoms with E-state index < -0.39 is 0 Å². The second-order valence-electron chi connectivity index (χ2n) is 3.84. The van der Waals surface area contributed by atoms with E-state index in [0.717, 1.165) is 12.2 Å². The van der Waals surface area contributed by atoms with Crippen molar-refractivity contribution < 1.29 is 4.79 Å². The van der Waals surface area contributed by atoms with Crippen LogP contribution in [0.25, 0.3) is 0 Å². The Labute approximate surface area is 81.4 Å². The van der Waals surface area contributed by atoms with Gasteiger partial charge in [0, 0.05) is 24.2 Å². The Balaban J connectivity index is 4.43. The van der Waals surface area contributed by atoms with Crippen LogP contribution in [0.1, 0.15) is 34.6 Å². The zero-order valence-corrected chi connectivity index (χ0v) is 9.35. The summed E-state index contributed by atoms with van der Waals surface area (Å²) in [6, 6.07) is 0. The summed E-state index contributed by atoms with van der Waals surface area (Å²) in [5.41, 5.74) is 1.04. The van der Waals surface area contributed by atoms with Gasteiger partial charge in [-0.3, -0.25) is 4.79 Å². The normalized spacial score (nSPS) is 12.4. The maximum absolute atomic E-state index is 11.4. The van der Waals surface area contributed by atoms with Crippen LogP contribution in [0.2, 0.25) is 0 Å². The molecule has 0 aliphatic carbocycles. The highest BCUT2D eigenvalue weighted by atomic mass is 16.1. The SMILES string of the molecule is CCNC(=CC(=O)C(C)C)C(C)C. The van der Waals surface area contributed by atoms with Gasteiger partial charge in [0.15, 0.2) is 5.78 Å². The minimum Gasteiger partial charge on any atom is -0.388 e. The summed E-state index contributed by atoms with van der Waals surface area (Å²) in [5.74, 6) is 0.680. The lowest BCUT2D eigenvalue weighted by molar-refractivity contribution is -0.117. The first-order valence-corrected chi connectivity index (χ1v) is 4.98. The summed E-state index contributed by atoms with van der Waals surface area (Å²) in [6.45, 7) is 10.9. The molecule has 0 fully saturated rings. The summed E-state index contributed by atoms with van der Waals surface area (Å²) < 4.78 is 0. The summed E-state index contributed by atoms with van der Waals surface area (Å²) in [4.78, 5) is 11.4. The molecule has 13 heavy (non-hydrogen) atoms. The van der Waals surface area contributed by atoms with E-state index in [-0.39, 0.29) is 11.7 Å². The van der Waals surface area contributed by atoms with Crippen molar-refractivity contribution in [3.8, 4) is 0 Å². The third kappa shape index (κ3) is 4.71. The first kappa shape index (κ1) is 12.2. The van der Waals surface area contributed by atoms with E-state index in [1.807, 2.05) is 20.8 Å². The van der Waals surface area contributed by atoms with E-state index in [1.54, 1.807) is 6.08 Å². The molecule has 0 aromatic heterocycles. The van der Waals surface area contributed by atoms with E-state index in [4.69, 9.17) is 0 Å². The Morgan fingerprint density at radius 3 is 2.08 bits per heavy atom. The number of rotatable bonds is 5. The van der Waals surface area contributed by atoms with Crippen LogP contribution in [0.3, 0.4) is 0 Å². The van der Waals surface area contributed by atoms with Gasteiger partial charge in [-0.2, -0.15) is 0 Å². The summed E-state index contributed by atoms with van der Waals surface area (Å²) in [7, 11) is 0. The Kier molecular flexibility index (Phi) is 5.44. The third-order valence-electron chi connectivity index (χ3n) is 1.87. The highest BCUT2D eigenvalue weighted by molar-refractivity contribution is 5.91. The van der Waals surface area contributed by atoms with Crippen LogP contribution in [0.4, 0.5) is 0 Å². The first-order valence-electron chi connectivity index (χ1n) is 4.98. The molecule has 0 spiro atoms. The molecule has 0 atom stereocenters. The van der Waals surface area contributed by atoms with Crippen molar-refractivity contribution in [3.05, 3.63) is 11.8 Å². The minimum absolute atomic E-state index is 0.0902. The van der Waals surface area contributed by atoms with Gasteiger partial charge in [0.25, 0.3) is 0 Å². The average molecular weight is 183 g/mol. The molecule has 2 heteroatoms. The highest BCUT2D eigenvalue weighted by Crippen LogP contribution is 2.07. The van der Waals surface area contributed by atoms with Crippen LogP contribution in [-0.4, -0.2) is 12.3 Å². The number of carbonyl (C=O) groups excluding carboxylic acids is 1. The Morgan fingerprint density at radius 1 is 1.23 bits per heavy atom. The highest BCUT2D eigenvalue weighted by Gasteiger charge is 2.07. The van der Waals surface area contributed by atoms with Gasteiger partial charge in [-0.05, 0) is 12.8 Å². The van der Waals surface area contributed by atoms with Gasteiger partial charge in [-0.25, -0.2) is 0 Å². The topological polar surface area (TPSA) is 29.1 Å². The van der Waals surface area contributed by atoms with Gasteiger partial charge in [0.05, 0.1) is 0 Å². The molecule has 0 saturated heterocycles. The number of allylic oxidation sites excluding steroid dienone is 2. The molecule has 0 unspecified atom stereocenters. The van der Waals surface area contributed by atoms with Crippen molar-refractivity contribution >= 4 is 5.78 Å². The molecule has 0 heterocycles. The van der Waals surface area contributed by atoms with Crippen LogP contribution in [-0.2, 0) is 4.79 Å². The summed E-state index contributed by atoms with van der Waals surface area (Å²) >= 11 is 0. The molecule has 0 bridgehead atoms. The smallest absolute Gasteiger partial charge is 0.159 e. The largest absolute Gasteiger partial charge is 0.388 e. The molecule has 0 aliphatic heterocycles. The zero-order valence-electron chi connectivity index (χ0n) is 9.35. The Morgan fingerprint density at radius 2 is 1.77 bits per heavy atom. The molecule has 0 amide bonds. The maximum Gasteiger partial charge on any atom is 0.159 e. The van der Waals surface area contributed by atoms with Crippen LogP contribution >= 0.6 is 0 Å². The number of hydrogen-bond donors (Lipinski definition) is 1. The molecule has 0 aliphatic rings. The van der Waals surface area contributed by atoms with Crippen LogP contribution in [0.5, 0.6) is 0 Å². The van der Waals surface area contributed by atoms with Crippen LogP contribution in [0.15, 0.2) is 11.8 Å². The van der Waals surface area contributed by atoms with Crippen molar-refractivity contribution in [3.63, 3.8) is 0 Å². The maximum atomic E-state index is 11.4. The van der Waals surface area contributed by atoms with Crippen molar-refractivity contribution in [2.45, 2.75) is 34.6 Å². The zero-order chi connectivity index (χ0) is 10.4. The first-order chi connectivity index (χ1) is 5.99. The van der Waals surface area contributed by atoms with E-state index in [2.05, 4.69) is 19.2 Å². The van der Waals surface area contributed by atoms with Gasteiger partial charge in [-0.1, -0.05) is 27.7 Å². The predicted octanol–water partition coefficient (Wildman–Crippen LogP) is 2.36. The fourth-order valence-corrected chi connectivity index (χ4v) is 0.946. The van der Waals surface area contributed by atoms with Crippen molar-refractivity contribution in [2.75, 3.05) is 6.54 Å². The Bertz CT molecular complexity index is 192. The molecule has 0 saturated carbocycles. The number of ketones is 1. The van der Waals surface area contributed by atoms with Gasteiger partial charge in [0.1, 0.15) is 0 Å². The number of carbonyl (C=O) groups is 1. The molecule has 0 aromatic carbocycles. The van der Waals surface area contributed by atoms with Gasteiger partial charge >= 0.3 is 0 Å². The lowest BCUT2D eigenvalue weighted by atomic mass is 10.0. The quantitative estimate of drug-likeness (QED) is 0.663. The Hall–Kier alpha value is -0.790. The fourth-order valence-electron chi connectivity index (χ4n) is 0.946. The molecule has 76 valence electrons. The van der Waals surface area contributed by atoms with Gasteiger partial charge in [0.2, 0.25) is 0 Å². The summed E-state index contributed by atoms with van der Waals surface area (Å²) in [5, 5.41) is 3.21. The van der Waals surface area contributed by atoms with Crippen LogP contribution < -0.4 is 5.32 Å². The molecular formula is C11H21NO. The molecule has 0 aromatic rings. The van der Waals surface area contributed by atoms with Crippen LogP contribution in [0, 0.1) is 11.8 Å². The van der Waals surface area contributed by atoms with Crippen molar-refractivity contribution in [1.82, 2.24) is 5.32 Å². The standard InChI is InChI=1S/C11H21NO/c1-6-12-10(8(2)3)7-11(13)9(4)5/h7-9,12H,6H2,1-5H3. The second kappa shape index (κ2) is 5.79. The van der Waals surface area contributed by atoms with Crippen molar-refractivity contribution in [1.29, 1.82) is 0 Å². The third-order valence-corrected chi connectivity index (χ3v) is 1.87. The molecular weight excluding hydrogens is 162 g/mol. The number of nitrogens with one attached hydrogen (secondary N) is 1. The fraction of sp³-hybridized carbons (Fsp3) is 0.727. The van der Waals surface area contributed by atoms with Gasteiger partial charge < -0.3 is 5.32 Å². The van der Waals surface area contributed by atoms with E-state index >= 15 is 0 Å². The van der Waals surface area contributed by atoms with E-state index in [9.17, 15) is 4.79 Å². The second-order valence-corrected chi connectivity index (χ2v) is 3.84. The lowest BCUT2D eigenvalue weighted by Gasteiger charge is -2.13. The lowest BCUT2D eigenvalue weighted by Crippen LogP contribution is -2.19. The predicted molar refractivity (Wildman–Crippen MR) is 56.4 cm³/mol. The van der Waals surface area contributed by atoms with E-state index in [0.29, 0.717) is 5.92 Å². The monoisotopic (exact) mass is 183 g/mol. The molecule has 0 radical (unpaired) electrons. The molecule has 2 nitrogen and oxygen atoms in total.